The third kappa shape index (κ3) is 3.10. The first kappa shape index (κ1) is 14.9. The number of non-ortho nitro benzene ring substituents is 1. The van der Waals surface area contributed by atoms with Crippen LogP contribution in [-0.4, -0.2) is 35.9 Å². The second kappa shape index (κ2) is 6.02. The molecule has 1 atom stereocenters. The summed E-state index contributed by atoms with van der Waals surface area (Å²) in [5, 5.41) is 13.5. The van der Waals surface area contributed by atoms with Crippen LogP contribution in [0.3, 0.4) is 0 Å². The minimum absolute atomic E-state index is 0.0991. The summed E-state index contributed by atoms with van der Waals surface area (Å²) in [5.41, 5.74) is 0.168. The predicted octanol–water partition coefficient (Wildman–Crippen LogP) is 2.01. The SMILES string of the molecule is O=C(NC[C@@H]1COC2(CCCC2)O1)c1cccc([N+](=O)[O-])c1. The van der Waals surface area contributed by atoms with Gasteiger partial charge in [-0.05, 0) is 18.9 Å². The topological polar surface area (TPSA) is 90.7 Å². The fraction of sp³-hybridized carbons (Fsp3) is 0.533. The van der Waals surface area contributed by atoms with Gasteiger partial charge in [0.15, 0.2) is 5.79 Å². The highest BCUT2D eigenvalue weighted by molar-refractivity contribution is 5.94. The normalized spacial score (nSPS) is 22.8. The molecule has 7 nitrogen and oxygen atoms in total. The molecule has 2 fully saturated rings. The van der Waals surface area contributed by atoms with Crippen LogP contribution >= 0.6 is 0 Å². The molecule has 1 saturated carbocycles. The van der Waals surface area contributed by atoms with E-state index in [1.165, 1.54) is 18.2 Å². The highest BCUT2D eigenvalue weighted by Crippen LogP contribution is 2.38. The molecule has 1 aliphatic heterocycles. The zero-order valence-corrected chi connectivity index (χ0v) is 12.1. The Bertz CT molecular complexity index is 583. The number of hydrogen-bond acceptors (Lipinski definition) is 5. The van der Waals surface area contributed by atoms with Gasteiger partial charge in [-0.25, -0.2) is 0 Å². The average molecular weight is 306 g/mol. The van der Waals surface area contributed by atoms with Crippen LogP contribution in [0.4, 0.5) is 5.69 Å². The van der Waals surface area contributed by atoms with Gasteiger partial charge in [-0.1, -0.05) is 6.07 Å². The highest BCUT2D eigenvalue weighted by atomic mass is 16.7. The molecule has 0 aromatic heterocycles. The number of nitrogens with one attached hydrogen (secondary N) is 1. The molecular formula is C15H18N2O5. The molecule has 0 unspecified atom stereocenters. The summed E-state index contributed by atoms with van der Waals surface area (Å²) >= 11 is 0. The van der Waals surface area contributed by atoms with Crippen LogP contribution in [0.5, 0.6) is 0 Å². The zero-order valence-electron chi connectivity index (χ0n) is 12.1. The summed E-state index contributed by atoms with van der Waals surface area (Å²) < 4.78 is 11.7. The van der Waals surface area contributed by atoms with E-state index in [2.05, 4.69) is 5.32 Å². The Morgan fingerprint density at radius 1 is 1.41 bits per heavy atom. The van der Waals surface area contributed by atoms with E-state index >= 15 is 0 Å². The molecule has 22 heavy (non-hydrogen) atoms. The van der Waals surface area contributed by atoms with E-state index in [9.17, 15) is 14.9 Å². The van der Waals surface area contributed by atoms with Crippen molar-refractivity contribution in [2.45, 2.75) is 37.6 Å². The smallest absolute Gasteiger partial charge is 0.270 e. The molecule has 1 amide bonds. The quantitative estimate of drug-likeness (QED) is 0.678. The number of benzene rings is 1. The highest BCUT2D eigenvalue weighted by Gasteiger charge is 2.43. The summed E-state index contributed by atoms with van der Waals surface area (Å²) in [5.74, 6) is -0.791. The third-order valence-electron chi connectivity index (χ3n) is 4.09. The van der Waals surface area contributed by atoms with Crippen molar-refractivity contribution in [2.24, 2.45) is 0 Å². The van der Waals surface area contributed by atoms with Gasteiger partial charge in [0.1, 0.15) is 6.10 Å². The Morgan fingerprint density at radius 2 is 2.18 bits per heavy atom. The molecule has 1 saturated heterocycles. The number of nitro groups is 1. The van der Waals surface area contributed by atoms with Crippen molar-refractivity contribution in [1.29, 1.82) is 0 Å². The van der Waals surface area contributed by atoms with E-state index < -0.39 is 10.7 Å². The van der Waals surface area contributed by atoms with Crippen LogP contribution in [0, 0.1) is 10.1 Å². The van der Waals surface area contributed by atoms with E-state index in [1.54, 1.807) is 6.07 Å². The van der Waals surface area contributed by atoms with Gasteiger partial charge in [0, 0.05) is 37.1 Å². The second-order valence-electron chi connectivity index (χ2n) is 5.69. The van der Waals surface area contributed by atoms with E-state index in [1.807, 2.05) is 0 Å². The minimum Gasteiger partial charge on any atom is -0.349 e. The molecule has 1 N–H and O–H groups in total. The first-order valence-corrected chi connectivity index (χ1v) is 7.42. The molecule has 3 rings (SSSR count). The van der Waals surface area contributed by atoms with Crippen molar-refractivity contribution in [2.75, 3.05) is 13.2 Å². The molecule has 7 heteroatoms. The van der Waals surface area contributed by atoms with Gasteiger partial charge in [0.05, 0.1) is 11.5 Å². The van der Waals surface area contributed by atoms with Gasteiger partial charge in [-0.2, -0.15) is 0 Å². The van der Waals surface area contributed by atoms with Crippen LogP contribution in [-0.2, 0) is 9.47 Å². The molecule has 0 bridgehead atoms. The van der Waals surface area contributed by atoms with E-state index in [4.69, 9.17) is 9.47 Å². The number of ether oxygens (including phenoxy) is 2. The molecule has 118 valence electrons. The molecule has 1 heterocycles. The minimum atomic E-state index is -0.519. The molecule has 1 aromatic carbocycles. The Labute approximate surface area is 127 Å². The van der Waals surface area contributed by atoms with Gasteiger partial charge >= 0.3 is 0 Å². The fourth-order valence-electron chi connectivity index (χ4n) is 2.96. The number of nitro benzene ring substituents is 1. The van der Waals surface area contributed by atoms with Gasteiger partial charge in [0.25, 0.3) is 11.6 Å². The number of amides is 1. The standard InChI is InChI=1S/C15H18N2O5/c18-14(11-4-3-5-12(8-11)17(19)20)16-9-13-10-21-15(22-13)6-1-2-7-15/h3-5,8,13H,1-2,6-7,9-10H2,(H,16,18)/t13-/m1/s1. The lowest BCUT2D eigenvalue weighted by Crippen LogP contribution is -2.35. The van der Waals surface area contributed by atoms with Crippen LogP contribution in [0.15, 0.2) is 24.3 Å². The van der Waals surface area contributed by atoms with Gasteiger partial charge in [-0.3, -0.25) is 14.9 Å². The summed E-state index contributed by atoms with van der Waals surface area (Å²) in [6.07, 6.45) is 3.85. The second-order valence-corrected chi connectivity index (χ2v) is 5.69. The first-order chi connectivity index (χ1) is 10.6. The maximum atomic E-state index is 12.1. The number of carbonyl (C=O) groups is 1. The number of nitrogens with zero attached hydrogens (tertiary/aromatic N) is 1. The van der Waals surface area contributed by atoms with Crippen molar-refractivity contribution >= 4 is 11.6 Å². The molecule has 1 aromatic rings. The molecular weight excluding hydrogens is 288 g/mol. The Morgan fingerprint density at radius 3 is 2.91 bits per heavy atom. The zero-order chi connectivity index (χ0) is 15.6. The van der Waals surface area contributed by atoms with E-state index in [-0.39, 0.29) is 23.3 Å². The average Bonchev–Trinajstić information content (AvgIpc) is 3.15. The Balaban J connectivity index is 1.54. The van der Waals surface area contributed by atoms with Crippen molar-refractivity contribution in [1.82, 2.24) is 5.32 Å². The van der Waals surface area contributed by atoms with Gasteiger partial charge in [0.2, 0.25) is 0 Å². The van der Waals surface area contributed by atoms with Crippen molar-refractivity contribution in [3.8, 4) is 0 Å². The van der Waals surface area contributed by atoms with Gasteiger partial charge < -0.3 is 14.8 Å². The van der Waals surface area contributed by atoms with Gasteiger partial charge in [-0.15, -0.1) is 0 Å². The van der Waals surface area contributed by atoms with E-state index in [0.717, 1.165) is 25.7 Å². The third-order valence-corrected chi connectivity index (χ3v) is 4.09. The van der Waals surface area contributed by atoms with Crippen LogP contribution in [0.1, 0.15) is 36.0 Å². The summed E-state index contributed by atoms with van der Waals surface area (Å²) in [6.45, 7) is 0.804. The van der Waals surface area contributed by atoms with Crippen molar-refractivity contribution in [3.05, 3.63) is 39.9 Å². The largest absolute Gasteiger partial charge is 0.349 e. The Hall–Kier alpha value is -1.99. The van der Waals surface area contributed by atoms with Crippen LogP contribution in [0.25, 0.3) is 0 Å². The van der Waals surface area contributed by atoms with Crippen LogP contribution in [0.2, 0.25) is 0 Å². The monoisotopic (exact) mass is 306 g/mol. The lowest BCUT2D eigenvalue weighted by atomic mass is 10.2. The number of rotatable bonds is 4. The molecule has 0 radical (unpaired) electrons. The predicted molar refractivity (Wildman–Crippen MR) is 77.5 cm³/mol. The maximum Gasteiger partial charge on any atom is 0.270 e. The molecule has 1 spiro atoms. The lowest BCUT2D eigenvalue weighted by molar-refractivity contribution is -0.384. The first-order valence-electron chi connectivity index (χ1n) is 7.42. The van der Waals surface area contributed by atoms with Crippen molar-refractivity contribution < 1.29 is 19.2 Å². The van der Waals surface area contributed by atoms with Crippen LogP contribution < -0.4 is 5.32 Å². The number of carbonyl (C=O) groups excluding carboxylic acids is 1. The summed E-state index contributed by atoms with van der Waals surface area (Å²) in [4.78, 5) is 22.3. The summed E-state index contributed by atoms with van der Waals surface area (Å²) in [6, 6.07) is 5.66. The summed E-state index contributed by atoms with van der Waals surface area (Å²) in [7, 11) is 0. The molecule has 1 aliphatic carbocycles. The molecule has 2 aliphatic rings. The van der Waals surface area contributed by atoms with Crippen molar-refractivity contribution in [3.63, 3.8) is 0 Å². The number of hydrogen-bond donors (Lipinski definition) is 1. The lowest BCUT2D eigenvalue weighted by Gasteiger charge is -2.21. The Kier molecular flexibility index (Phi) is 4.08. The fourth-order valence-corrected chi connectivity index (χ4v) is 2.96. The maximum absolute atomic E-state index is 12.1. The van der Waals surface area contributed by atoms with E-state index in [0.29, 0.717) is 13.2 Å².